The summed E-state index contributed by atoms with van der Waals surface area (Å²) in [4.78, 5) is 13.0. The molecule has 6 heteroatoms. The van der Waals surface area contributed by atoms with Crippen molar-refractivity contribution in [2.75, 3.05) is 11.9 Å². The van der Waals surface area contributed by atoms with E-state index in [2.05, 4.69) is 16.3 Å². The van der Waals surface area contributed by atoms with Crippen LogP contribution in [0.2, 0.25) is 5.02 Å². The Hall–Kier alpha value is -3.49. The van der Waals surface area contributed by atoms with Crippen molar-refractivity contribution in [3.63, 3.8) is 0 Å². The number of nitrogens with one attached hydrogen (secondary N) is 1. The molecule has 0 unspecified atom stereocenters. The molecule has 4 rings (SSSR count). The van der Waals surface area contributed by atoms with Crippen LogP contribution in [0.4, 0.5) is 5.69 Å². The van der Waals surface area contributed by atoms with Crippen molar-refractivity contribution < 1.29 is 9.21 Å². The molecule has 0 spiro atoms. The largest absolute Gasteiger partial charge is 0.467 e. The Kier molecular flexibility index (Phi) is 5.37. The normalized spacial score (nSPS) is 15.7. The summed E-state index contributed by atoms with van der Waals surface area (Å²) in [5.41, 5.74) is 3.27. The average Bonchev–Trinajstić information content (AvgIpc) is 3.42. The van der Waals surface area contributed by atoms with Crippen LogP contribution in [0, 0.1) is 12.3 Å². The van der Waals surface area contributed by atoms with E-state index in [1.807, 2.05) is 60.7 Å². The minimum atomic E-state index is -0.290. The number of hydrogen-bond acceptors (Lipinski definition) is 4. The lowest BCUT2D eigenvalue weighted by atomic mass is 10.0. The molecule has 144 valence electrons. The molecule has 1 aliphatic rings. The van der Waals surface area contributed by atoms with Crippen LogP contribution in [-0.4, -0.2) is 23.2 Å². The number of nitrogens with zero attached hydrogens (tertiary/aromatic N) is 2. The van der Waals surface area contributed by atoms with Crippen molar-refractivity contribution in [1.82, 2.24) is 5.01 Å². The molecule has 1 N–H and O–H groups in total. The van der Waals surface area contributed by atoms with Gasteiger partial charge in [-0.1, -0.05) is 35.7 Å². The fourth-order valence-electron chi connectivity index (χ4n) is 3.24. The Bertz CT molecular complexity index is 1080. The highest BCUT2D eigenvalue weighted by Gasteiger charge is 2.34. The van der Waals surface area contributed by atoms with Gasteiger partial charge < -0.3 is 9.73 Å². The number of rotatable bonds is 5. The van der Waals surface area contributed by atoms with E-state index in [0.717, 1.165) is 22.5 Å². The number of amides is 1. The number of carbonyl (C=O) groups excluding carboxylic acids is 1. The van der Waals surface area contributed by atoms with Crippen molar-refractivity contribution in [3.8, 4) is 12.3 Å². The first-order chi connectivity index (χ1) is 14.1. The first-order valence-corrected chi connectivity index (χ1v) is 9.51. The van der Waals surface area contributed by atoms with Crippen molar-refractivity contribution in [2.24, 2.45) is 5.10 Å². The summed E-state index contributed by atoms with van der Waals surface area (Å²) >= 11 is 5.99. The molecule has 0 fully saturated rings. The van der Waals surface area contributed by atoms with Gasteiger partial charge in [0.15, 0.2) is 0 Å². The van der Waals surface area contributed by atoms with Gasteiger partial charge in [-0.15, -0.1) is 6.42 Å². The molecule has 2 aromatic carbocycles. The van der Waals surface area contributed by atoms with Gasteiger partial charge in [0, 0.05) is 22.7 Å². The number of hydrogen-bond donors (Lipinski definition) is 1. The highest BCUT2D eigenvalue weighted by atomic mass is 35.5. The fraction of sp³-hybridized carbons (Fsp3) is 0.130. The van der Waals surface area contributed by atoms with Gasteiger partial charge in [0.25, 0.3) is 5.91 Å². The second-order valence-electron chi connectivity index (χ2n) is 6.61. The highest BCUT2D eigenvalue weighted by Crippen LogP contribution is 2.33. The van der Waals surface area contributed by atoms with E-state index in [4.69, 9.17) is 22.4 Å². The molecule has 2 heterocycles. The first kappa shape index (κ1) is 18.9. The third-order valence-electron chi connectivity index (χ3n) is 4.69. The van der Waals surface area contributed by atoms with Crippen LogP contribution in [0.3, 0.4) is 0 Å². The molecule has 0 saturated carbocycles. The summed E-state index contributed by atoms with van der Waals surface area (Å²) in [5, 5.41) is 9.86. The van der Waals surface area contributed by atoms with Gasteiger partial charge >= 0.3 is 0 Å². The van der Waals surface area contributed by atoms with Gasteiger partial charge in [-0.3, -0.25) is 4.79 Å². The van der Waals surface area contributed by atoms with Crippen LogP contribution in [0.25, 0.3) is 0 Å². The Morgan fingerprint density at radius 3 is 2.79 bits per heavy atom. The molecule has 29 heavy (non-hydrogen) atoms. The predicted molar refractivity (Wildman–Crippen MR) is 114 cm³/mol. The van der Waals surface area contributed by atoms with E-state index in [1.165, 1.54) is 5.01 Å². The Balaban J connectivity index is 1.54. The fourth-order valence-corrected chi connectivity index (χ4v) is 3.36. The zero-order chi connectivity index (χ0) is 20.2. The van der Waals surface area contributed by atoms with Gasteiger partial charge in [0.1, 0.15) is 11.8 Å². The minimum Gasteiger partial charge on any atom is -0.467 e. The number of terminal acetylenes is 1. The Morgan fingerprint density at radius 2 is 2.07 bits per heavy atom. The lowest BCUT2D eigenvalue weighted by molar-refractivity contribution is -0.131. The van der Waals surface area contributed by atoms with Crippen molar-refractivity contribution in [1.29, 1.82) is 0 Å². The summed E-state index contributed by atoms with van der Waals surface area (Å²) in [6, 6.07) is 18.2. The molecule has 0 radical (unpaired) electrons. The molecule has 1 aliphatic heterocycles. The van der Waals surface area contributed by atoms with Crippen LogP contribution >= 0.6 is 11.6 Å². The number of benzene rings is 2. The van der Waals surface area contributed by atoms with E-state index in [1.54, 1.807) is 6.26 Å². The Morgan fingerprint density at radius 1 is 1.24 bits per heavy atom. The summed E-state index contributed by atoms with van der Waals surface area (Å²) in [7, 11) is 0. The van der Waals surface area contributed by atoms with E-state index < -0.39 is 0 Å². The van der Waals surface area contributed by atoms with Gasteiger partial charge in [-0.05, 0) is 48.0 Å². The van der Waals surface area contributed by atoms with Crippen LogP contribution in [0.15, 0.2) is 76.4 Å². The minimum absolute atomic E-state index is 0.0859. The lowest BCUT2D eigenvalue weighted by Gasteiger charge is -2.20. The number of carbonyl (C=O) groups is 1. The first-order valence-electron chi connectivity index (χ1n) is 9.13. The summed E-state index contributed by atoms with van der Waals surface area (Å²) in [5.74, 6) is 3.11. The van der Waals surface area contributed by atoms with Gasteiger partial charge in [-0.2, -0.15) is 5.10 Å². The van der Waals surface area contributed by atoms with Crippen LogP contribution in [0.1, 0.15) is 29.3 Å². The summed E-state index contributed by atoms with van der Waals surface area (Å²) in [6.45, 7) is 0.0859. The highest BCUT2D eigenvalue weighted by molar-refractivity contribution is 6.30. The smallest absolute Gasteiger partial charge is 0.262 e. The number of anilines is 1. The molecule has 0 bridgehead atoms. The number of halogens is 1. The monoisotopic (exact) mass is 403 g/mol. The SMILES string of the molecule is C#Cc1cccc(NCC(=O)N2N=C(c3ccc(Cl)cc3)C[C@H]2c2ccco2)c1. The van der Waals surface area contributed by atoms with Gasteiger partial charge in [-0.25, -0.2) is 5.01 Å². The van der Waals surface area contributed by atoms with Gasteiger partial charge in [0.2, 0.25) is 0 Å². The third kappa shape index (κ3) is 4.18. The van der Waals surface area contributed by atoms with Crippen molar-refractivity contribution in [3.05, 3.63) is 88.8 Å². The lowest BCUT2D eigenvalue weighted by Crippen LogP contribution is -2.32. The van der Waals surface area contributed by atoms with E-state index in [0.29, 0.717) is 17.2 Å². The molecule has 0 saturated heterocycles. The Labute approximate surface area is 174 Å². The number of furan rings is 1. The van der Waals surface area contributed by atoms with Crippen LogP contribution in [-0.2, 0) is 4.79 Å². The maximum Gasteiger partial charge on any atom is 0.262 e. The second kappa shape index (κ2) is 8.26. The predicted octanol–water partition coefficient (Wildman–Crippen LogP) is 4.70. The average molecular weight is 404 g/mol. The summed E-state index contributed by atoms with van der Waals surface area (Å²) in [6.07, 6.45) is 7.60. The van der Waals surface area contributed by atoms with E-state index in [9.17, 15) is 4.79 Å². The van der Waals surface area contributed by atoms with E-state index in [-0.39, 0.29) is 18.5 Å². The van der Waals surface area contributed by atoms with Crippen molar-refractivity contribution in [2.45, 2.75) is 12.5 Å². The van der Waals surface area contributed by atoms with Gasteiger partial charge in [0.05, 0.1) is 18.5 Å². The maximum absolute atomic E-state index is 13.0. The molecule has 5 nitrogen and oxygen atoms in total. The standard InChI is InChI=1S/C23H18ClN3O2/c1-2-16-5-3-6-19(13-16)25-15-23(28)27-21(22-7-4-12-29-22)14-20(26-27)17-8-10-18(24)11-9-17/h1,3-13,21,25H,14-15H2/t21-/m0/s1. The maximum atomic E-state index is 13.0. The topological polar surface area (TPSA) is 57.8 Å². The quantitative estimate of drug-likeness (QED) is 0.628. The van der Waals surface area contributed by atoms with E-state index >= 15 is 0 Å². The van der Waals surface area contributed by atoms with Crippen LogP contribution < -0.4 is 5.32 Å². The molecule has 1 atom stereocenters. The second-order valence-corrected chi connectivity index (χ2v) is 7.04. The zero-order valence-corrected chi connectivity index (χ0v) is 16.3. The molecule has 1 aromatic heterocycles. The zero-order valence-electron chi connectivity index (χ0n) is 15.5. The molecule has 3 aromatic rings. The van der Waals surface area contributed by atoms with Crippen molar-refractivity contribution >= 4 is 28.9 Å². The molecule has 1 amide bonds. The van der Waals surface area contributed by atoms with Crippen LogP contribution in [0.5, 0.6) is 0 Å². The third-order valence-corrected chi connectivity index (χ3v) is 4.94. The molecular formula is C23H18ClN3O2. The summed E-state index contributed by atoms with van der Waals surface area (Å²) < 4.78 is 5.56. The molecular weight excluding hydrogens is 386 g/mol. The number of hydrazone groups is 1. The molecule has 0 aliphatic carbocycles.